The lowest BCUT2D eigenvalue weighted by molar-refractivity contribution is 0.0411. The minimum atomic E-state index is -2.20. The van der Waals surface area contributed by atoms with E-state index in [9.17, 15) is 18.7 Å². The Morgan fingerprint density at radius 2 is 2.22 bits per heavy atom. The van der Waals surface area contributed by atoms with Crippen molar-refractivity contribution in [2.75, 3.05) is 19.0 Å². The van der Waals surface area contributed by atoms with E-state index in [2.05, 4.69) is 4.74 Å². The highest BCUT2D eigenvalue weighted by Gasteiger charge is 2.19. The van der Waals surface area contributed by atoms with Gasteiger partial charge in [-0.15, -0.1) is 0 Å². The zero-order valence-corrected chi connectivity index (χ0v) is 9.65. The van der Waals surface area contributed by atoms with E-state index in [4.69, 9.17) is 10.5 Å². The van der Waals surface area contributed by atoms with Crippen molar-refractivity contribution in [2.45, 2.75) is 13.3 Å². The highest BCUT2D eigenvalue weighted by Crippen LogP contribution is 2.35. The average Bonchev–Trinajstić information content (AvgIpc) is 2.35. The van der Waals surface area contributed by atoms with Crippen LogP contribution in [0.4, 0.5) is 14.5 Å². The molecule has 0 aliphatic rings. The zero-order valence-electron chi connectivity index (χ0n) is 9.65. The van der Waals surface area contributed by atoms with Crippen LogP contribution in [-0.4, -0.2) is 30.7 Å². The van der Waals surface area contributed by atoms with E-state index in [1.165, 1.54) is 6.07 Å². The van der Waals surface area contributed by atoms with E-state index in [1.807, 2.05) is 0 Å². The maximum absolute atomic E-state index is 12.7. The molecule has 18 heavy (non-hydrogen) atoms. The van der Waals surface area contributed by atoms with Gasteiger partial charge in [-0.05, 0) is 19.1 Å². The number of rotatable bonds is 5. The number of alkyl halides is 2. The second kappa shape index (κ2) is 6.04. The van der Waals surface area contributed by atoms with Gasteiger partial charge in [0, 0.05) is 0 Å². The van der Waals surface area contributed by atoms with E-state index in [0.29, 0.717) is 0 Å². The molecule has 0 aliphatic heterocycles. The molecular formula is C11H13F2NO4. The Balaban J connectivity index is 3.01. The van der Waals surface area contributed by atoms with Crippen molar-refractivity contribution in [3.8, 4) is 11.5 Å². The van der Waals surface area contributed by atoms with Crippen LogP contribution in [0.15, 0.2) is 12.1 Å². The number of carbonyl (C=O) groups is 1. The molecule has 5 nitrogen and oxygen atoms in total. The number of nitrogen functional groups attached to an aromatic ring is 1. The van der Waals surface area contributed by atoms with Gasteiger partial charge in [0.25, 0.3) is 6.36 Å². The SMILES string of the molecule is CCOC(=O)c1ccc(OC(F)CF)c(O)c1N. The molecule has 1 aromatic carbocycles. The highest BCUT2D eigenvalue weighted by molar-refractivity contribution is 5.97. The number of esters is 1. The van der Waals surface area contributed by atoms with Gasteiger partial charge >= 0.3 is 5.97 Å². The maximum atomic E-state index is 12.7. The molecule has 100 valence electrons. The van der Waals surface area contributed by atoms with Crippen LogP contribution >= 0.6 is 0 Å². The molecule has 0 radical (unpaired) electrons. The number of phenols is 1. The molecule has 1 unspecified atom stereocenters. The monoisotopic (exact) mass is 261 g/mol. The van der Waals surface area contributed by atoms with E-state index in [1.54, 1.807) is 6.92 Å². The fourth-order valence-electron chi connectivity index (χ4n) is 1.24. The molecule has 0 fully saturated rings. The van der Waals surface area contributed by atoms with Crippen LogP contribution in [0, 0.1) is 0 Å². The molecule has 0 spiro atoms. The third kappa shape index (κ3) is 2.99. The summed E-state index contributed by atoms with van der Waals surface area (Å²) in [5, 5.41) is 9.59. The molecule has 0 saturated carbocycles. The van der Waals surface area contributed by atoms with Crippen molar-refractivity contribution < 1.29 is 28.2 Å². The van der Waals surface area contributed by atoms with Gasteiger partial charge in [0.1, 0.15) is 0 Å². The van der Waals surface area contributed by atoms with Gasteiger partial charge in [-0.3, -0.25) is 0 Å². The highest BCUT2D eigenvalue weighted by atomic mass is 19.2. The molecule has 0 aliphatic carbocycles. The number of anilines is 1. The van der Waals surface area contributed by atoms with Crippen molar-refractivity contribution in [1.82, 2.24) is 0 Å². The Bertz CT molecular complexity index is 439. The Kier molecular flexibility index (Phi) is 4.70. The van der Waals surface area contributed by atoms with Crippen LogP contribution in [-0.2, 0) is 4.74 Å². The van der Waals surface area contributed by atoms with Gasteiger partial charge in [-0.1, -0.05) is 0 Å². The smallest absolute Gasteiger partial charge is 0.340 e. The summed E-state index contributed by atoms with van der Waals surface area (Å²) in [5.74, 6) is -1.69. The molecule has 3 N–H and O–H groups in total. The number of ether oxygens (including phenoxy) is 2. The summed E-state index contributed by atoms with van der Waals surface area (Å²) in [7, 11) is 0. The fraction of sp³-hybridized carbons (Fsp3) is 0.364. The quantitative estimate of drug-likeness (QED) is 0.480. The van der Waals surface area contributed by atoms with Crippen molar-refractivity contribution in [2.24, 2.45) is 0 Å². The van der Waals surface area contributed by atoms with Crippen LogP contribution < -0.4 is 10.5 Å². The number of carbonyl (C=O) groups excluding carboxylic acids is 1. The Morgan fingerprint density at radius 1 is 1.56 bits per heavy atom. The second-order valence-corrected chi connectivity index (χ2v) is 3.28. The van der Waals surface area contributed by atoms with E-state index in [0.717, 1.165) is 6.07 Å². The zero-order chi connectivity index (χ0) is 13.7. The molecule has 1 rings (SSSR count). The van der Waals surface area contributed by atoms with Gasteiger partial charge in [0.15, 0.2) is 18.2 Å². The molecule has 1 aromatic rings. The van der Waals surface area contributed by atoms with E-state index in [-0.39, 0.29) is 23.6 Å². The number of hydrogen-bond donors (Lipinski definition) is 2. The van der Waals surface area contributed by atoms with E-state index < -0.39 is 24.8 Å². The third-order valence-corrected chi connectivity index (χ3v) is 2.05. The largest absolute Gasteiger partial charge is 0.503 e. The van der Waals surface area contributed by atoms with Gasteiger partial charge in [-0.2, -0.15) is 4.39 Å². The predicted molar refractivity (Wildman–Crippen MR) is 60.0 cm³/mol. The maximum Gasteiger partial charge on any atom is 0.340 e. The lowest BCUT2D eigenvalue weighted by Crippen LogP contribution is -2.13. The van der Waals surface area contributed by atoms with Crippen molar-refractivity contribution >= 4 is 11.7 Å². The summed E-state index contributed by atoms with van der Waals surface area (Å²) in [6, 6.07) is 2.31. The number of hydrogen-bond acceptors (Lipinski definition) is 5. The number of halogens is 2. The lowest BCUT2D eigenvalue weighted by Gasteiger charge is -2.13. The molecule has 0 amide bonds. The number of aromatic hydroxyl groups is 1. The fourth-order valence-corrected chi connectivity index (χ4v) is 1.24. The van der Waals surface area contributed by atoms with Crippen LogP contribution in [0.25, 0.3) is 0 Å². The summed E-state index contributed by atoms with van der Waals surface area (Å²) in [6.07, 6.45) is -2.20. The summed E-state index contributed by atoms with van der Waals surface area (Å²) in [6.45, 7) is 0.394. The van der Waals surface area contributed by atoms with Gasteiger partial charge in [0.2, 0.25) is 0 Å². The first-order chi connectivity index (χ1) is 8.51. The topological polar surface area (TPSA) is 81.8 Å². The summed E-state index contributed by atoms with van der Waals surface area (Å²) in [5.41, 5.74) is 5.10. The van der Waals surface area contributed by atoms with Gasteiger partial charge in [0.05, 0.1) is 17.9 Å². The van der Waals surface area contributed by atoms with Crippen molar-refractivity contribution in [3.63, 3.8) is 0 Å². The first kappa shape index (κ1) is 14.0. The predicted octanol–water partition coefficient (Wildman–Crippen LogP) is 1.80. The van der Waals surface area contributed by atoms with Crippen LogP contribution in [0.5, 0.6) is 11.5 Å². The molecule has 0 aromatic heterocycles. The number of nitrogens with two attached hydrogens (primary N) is 1. The standard InChI is InChI=1S/C11H13F2NO4/c1-2-17-11(16)6-3-4-7(10(15)9(6)14)18-8(13)5-12/h3-4,8,15H,2,5,14H2,1H3. The molecule has 7 heteroatoms. The normalized spacial score (nSPS) is 11.9. The second-order valence-electron chi connectivity index (χ2n) is 3.28. The lowest BCUT2D eigenvalue weighted by atomic mass is 10.1. The first-order valence-corrected chi connectivity index (χ1v) is 5.16. The molecule has 0 bridgehead atoms. The summed E-state index contributed by atoms with van der Waals surface area (Å²) >= 11 is 0. The molecule has 0 saturated heterocycles. The van der Waals surface area contributed by atoms with Crippen molar-refractivity contribution in [3.05, 3.63) is 17.7 Å². The van der Waals surface area contributed by atoms with Gasteiger partial charge < -0.3 is 20.3 Å². The Morgan fingerprint density at radius 3 is 2.78 bits per heavy atom. The summed E-state index contributed by atoms with van der Waals surface area (Å²) in [4.78, 5) is 11.4. The average molecular weight is 261 g/mol. The first-order valence-electron chi connectivity index (χ1n) is 5.16. The number of phenolic OH excluding ortho intramolecular Hbond substituents is 1. The Labute approximate surface area is 102 Å². The van der Waals surface area contributed by atoms with Crippen LogP contribution in [0.2, 0.25) is 0 Å². The number of benzene rings is 1. The minimum absolute atomic E-state index is 0.0719. The van der Waals surface area contributed by atoms with Crippen LogP contribution in [0.1, 0.15) is 17.3 Å². The molecule has 1 atom stereocenters. The van der Waals surface area contributed by atoms with Crippen LogP contribution in [0.3, 0.4) is 0 Å². The molecular weight excluding hydrogens is 248 g/mol. The summed E-state index contributed by atoms with van der Waals surface area (Å²) < 4.78 is 33.7. The van der Waals surface area contributed by atoms with Crippen molar-refractivity contribution in [1.29, 1.82) is 0 Å². The minimum Gasteiger partial charge on any atom is -0.503 e. The van der Waals surface area contributed by atoms with E-state index >= 15 is 0 Å². The van der Waals surface area contributed by atoms with Gasteiger partial charge in [-0.25, -0.2) is 9.18 Å². The molecule has 0 heterocycles. The third-order valence-electron chi connectivity index (χ3n) is 2.05. The Hall–Kier alpha value is -2.05.